The molecule has 0 spiro atoms. The highest BCUT2D eigenvalue weighted by Crippen LogP contribution is 2.19. The van der Waals surface area contributed by atoms with Crippen LogP contribution in [0.2, 0.25) is 0 Å². The number of rotatable bonds is 8. The van der Waals surface area contributed by atoms with Gasteiger partial charge in [-0.05, 0) is 36.8 Å². The van der Waals surface area contributed by atoms with E-state index in [0.29, 0.717) is 24.9 Å². The first-order chi connectivity index (χ1) is 12.6. The number of hydrogen-bond donors (Lipinski definition) is 4. The molecule has 0 radical (unpaired) electrons. The molecule has 2 unspecified atom stereocenters. The van der Waals surface area contributed by atoms with Gasteiger partial charge in [0.2, 0.25) is 5.95 Å². The largest absolute Gasteiger partial charge is 0.760 e. The van der Waals surface area contributed by atoms with Gasteiger partial charge in [0.05, 0.1) is 0 Å². The summed E-state index contributed by atoms with van der Waals surface area (Å²) in [5, 5.41) is 15.8. The van der Waals surface area contributed by atoms with Crippen LogP contribution in [0.4, 0.5) is 17.5 Å². The van der Waals surface area contributed by atoms with Gasteiger partial charge in [-0.15, -0.1) is 0 Å². The molecule has 1 aliphatic heterocycles. The van der Waals surface area contributed by atoms with Crippen molar-refractivity contribution in [2.24, 2.45) is 0 Å². The molecule has 1 aromatic heterocycles. The lowest BCUT2D eigenvalue weighted by atomic mass is 10.3. The molecule has 0 amide bonds. The Morgan fingerprint density at radius 1 is 1.31 bits per heavy atom. The molecule has 1 saturated heterocycles. The molecule has 2 aromatic rings. The Labute approximate surface area is 154 Å². The molecule has 10 heteroatoms. The third-order valence-electron chi connectivity index (χ3n) is 4.05. The third-order valence-corrected chi connectivity index (χ3v) is 4.49. The van der Waals surface area contributed by atoms with Crippen molar-refractivity contribution >= 4 is 28.7 Å². The van der Waals surface area contributed by atoms with Crippen LogP contribution in [0.5, 0.6) is 5.75 Å². The molecule has 3 rings (SSSR count). The fourth-order valence-corrected chi connectivity index (χ4v) is 3.07. The van der Waals surface area contributed by atoms with Gasteiger partial charge in [0.1, 0.15) is 11.6 Å². The Kier molecular flexibility index (Phi) is 6.34. The summed E-state index contributed by atoms with van der Waals surface area (Å²) in [4.78, 5) is 10.9. The molecule has 2 atom stereocenters. The van der Waals surface area contributed by atoms with E-state index in [-0.39, 0.29) is 11.8 Å². The third kappa shape index (κ3) is 5.63. The second-order valence-electron chi connectivity index (χ2n) is 6.00. The van der Waals surface area contributed by atoms with Gasteiger partial charge >= 0.3 is 0 Å². The van der Waals surface area contributed by atoms with Crippen LogP contribution < -0.4 is 15.4 Å². The molecule has 0 aliphatic carbocycles. The highest BCUT2D eigenvalue weighted by molar-refractivity contribution is 7.77. The van der Waals surface area contributed by atoms with Crippen molar-refractivity contribution in [3.8, 4) is 5.75 Å². The number of nitrogens with zero attached hydrogens (tertiary/aromatic N) is 3. The normalized spacial score (nSPS) is 18.6. The van der Waals surface area contributed by atoms with E-state index < -0.39 is 11.3 Å². The summed E-state index contributed by atoms with van der Waals surface area (Å²) in [5.41, 5.74) is 0.822. The van der Waals surface area contributed by atoms with E-state index in [2.05, 4.69) is 30.2 Å². The Bertz CT molecular complexity index is 745. The van der Waals surface area contributed by atoms with Gasteiger partial charge in [-0.3, -0.25) is 9.11 Å². The summed E-state index contributed by atoms with van der Waals surface area (Å²) >= 11 is -2.21. The molecule has 9 nitrogen and oxygen atoms in total. The summed E-state index contributed by atoms with van der Waals surface area (Å²) in [6.45, 7) is 2.79. The maximum Gasteiger partial charge on any atom is 0.224 e. The average molecular weight is 377 g/mol. The lowest BCUT2D eigenvalue weighted by Crippen LogP contribution is -2.33. The van der Waals surface area contributed by atoms with Gasteiger partial charge in [-0.1, -0.05) is 0 Å². The first-order valence-electron chi connectivity index (χ1n) is 8.29. The number of hydrogen-bond acceptors (Lipinski definition) is 8. The van der Waals surface area contributed by atoms with Crippen LogP contribution in [0, 0.1) is 0 Å². The lowest BCUT2D eigenvalue weighted by molar-refractivity contribution is 0.340. The summed E-state index contributed by atoms with van der Waals surface area (Å²) in [5.74, 6) is 1.41. The fraction of sp³-hybridized carbons (Fsp3) is 0.375. The van der Waals surface area contributed by atoms with Crippen LogP contribution in [0.25, 0.3) is 0 Å². The van der Waals surface area contributed by atoms with E-state index >= 15 is 0 Å². The average Bonchev–Trinajstić information content (AvgIpc) is 3.04. The number of anilines is 3. The van der Waals surface area contributed by atoms with Crippen molar-refractivity contribution in [3.05, 3.63) is 36.5 Å². The number of likely N-dealkylation sites (tertiary alicyclic amines) is 1. The van der Waals surface area contributed by atoms with E-state index in [4.69, 9.17) is 0 Å². The Balaban J connectivity index is 1.51. The molecule has 26 heavy (non-hydrogen) atoms. The number of phenols is 1. The molecule has 0 saturated carbocycles. The van der Waals surface area contributed by atoms with Crippen LogP contribution in [0.1, 0.15) is 6.42 Å². The number of aromatic hydroxyl groups is 1. The molecule has 1 aromatic carbocycles. The Hall–Kier alpha value is -2.27. The molecule has 4 N–H and O–H groups in total. The minimum absolute atomic E-state index is 0.211. The van der Waals surface area contributed by atoms with Gasteiger partial charge in [-0.2, -0.15) is 4.98 Å². The summed E-state index contributed by atoms with van der Waals surface area (Å²) < 4.78 is 23.3. The predicted octanol–water partition coefficient (Wildman–Crippen LogP) is 0.796. The van der Waals surface area contributed by atoms with Crippen LogP contribution in [-0.2, 0) is 11.3 Å². The van der Waals surface area contributed by atoms with Gasteiger partial charge in [0, 0.05) is 55.4 Å². The highest BCUT2D eigenvalue weighted by Gasteiger charge is 2.22. The van der Waals surface area contributed by atoms with Crippen LogP contribution in [0.15, 0.2) is 36.5 Å². The zero-order valence-corrected chi connectivity index (χ0v) is 14.9. The van der Waals surface area contributed by atoms with Crippen LogP contribution >= 0.6 is 0 Å². The van der Waals surface area contributed by atoms with Crippen molar-refractivity contribution in [2.45, 2.75) is 12.5 Å². The van der Waals surface area contributed by atoms with Crippen molar-refractivity contribution in [1.29, 1.82) is 0 Å². The van der Waals surface area contributed by atoms with E-state index in [1.54, 1.807) is 36.5 Å². The van der Waals surface area contributed by atoms with Gasteiger partial charge in [0.15, 0.2) is 0 Å². The molecular formula is C16H21N6O3S-. The molecule has 140 valence electrons. The topological polar surface area (TPSA) is 125 Å². The van der Waals surface area contributed by atoms with E-state index in [9.17, 15) is 13.9 Å². The quantitative estimate of drug-likeness (QED) is 0.393. The second kappa shape index (κ2) is 8.90. The fourth-order valence-electron chi connectivity index (χ4n) is 2.81. The standard InChI is InChI=1S/C16H22N6O3S/c23-14-3-1-12(2-4-14)19-15-5-7-17-16(21-15)20-13-6-9-22(11-13)10-8-18-26(24)25/h1-5,7,13,18,23H,6,8-11H2,(H,24,25)(H2,17,19,20,21)/p-1. The smallest absolute Gasteiger partial charge is 0.224 e. The minimum Gasteiger partial charge on any atom is -0.760 e. The zero-order chi connectivity index (χ0) is 18.4. The first kappa shape index (κ1) is 18.5. The second-order valence-corrected chi connectivity index (χ2v) is 6.76. The van der Waals surface area contributed by atoms with Crippen LogP contribution in [-0.4, -0.2) is 61.0 Å². The number of benzene rings is 1. The Morgan fingerprint density at radius 3 is 2.88 bits per heavy atom. The predicted molar refractivity (Wildman–Crippen MR) is 98.8 cm³/mol. The summed E-state index contributed by atoms with van der Waals surface area (Å²) in [6, 6.07) is 8.73. The van der Waals surface area contributed by atoms with Gasteiger partial charge in [0.25, 0.3) is 0 Å². The van der Waals surface area contributed by atoms with Crippen molar-refractivity contribution in [2.75, 3.05) is 36.8 Å². The molecule has 0 bridgehead atoms. The van der Waals surface area contributed by atoms with E-state index in [0.717, 1.165) is 25.2 Å². The zero-order valence-electron chi connectivity index (χ0n) is 14.1. The van der Waals surface area contributed by atoms with E-state index in [1.807, 2.05) is 0 Å². The van der Waals surface area contributed by atoms with E-state index in [1.165, 1.54) is 0 Å². The molecule has 1 aliphatic rings. The molecular weight excluding hydrogens is 356 g/mol. The van der Waals surface area contributed by atoms with Gasteiger partial charge < -0.3 is 20.3 Å². The molecule has 2 heterocycles. The van der Waals surface area contributed by atoms with Gasteiger partial charge in [-0.25, -0.2) is 9.71 Å². The number of phenolic OH excluding ortho intramolecular Hbond substituents is 1. The lowest BCUT2D eigenvalue weighted by Gasteiger charge is -2.17. The minimum atomic E-state index is -2.21. The van der Waals surface area contributed by atoms with Crippen molar-refractivity contribution in [1.82, 2.24) is 19.6 Å². The monoisotopic (exact) mass is 377 g/mol. The maximum absolute atomic E-state index is 10.5. The Morgan fingerprint density at radius 2 is 2.12 bits per heavy atom. The first-order valence-corrected chi connectivity index (χ1v) is 9.37. The summed E-state index contributed by atoms with van der Waals surface area (Å²) in [6.07, 6.45) is 2.62. The highest BCUT2D eigenvalue weighted by atomic mass is 32.2. The number of nitrogens with one attached hydrogen (secondary N) is 3. The van der Waals surface area contributed by atoms with Crippen molar-refractivity contribution in [3.63, 3.8) is 0 Å². The summed E-state index contributed by atoms with van der Waals surface area (Å²) in [7, 11) is 0. The molecule has 1 fully saturated rings. The maximum atomic E-state index is 10.5. The van der Waals surface area contributed by atoms with Crippen LogP contribution in [0.3, 0.4) is 0 Å². The SMILES string of the molecule is O=S([O-])NCCN1CCC(Nc2nccc(Nc3ccc(O)cc3)n2)C1. The number of aromatic nitrogens is 2. The van der Waals surface area contributed by atoms with Crippen molar-refractivity contribution < 1.29 is 13.9 Å².